The van der Waals surface area contributed by atoms with Gasteiger partial charge in [0.05, 0.1) is 12.3 Å². The van der Waals surface area contributed by atoms with Crippen molar-refractivity contribution in [3.63, 3.8) is 0 Å². The molecule has 4 nitrogen and oxygen atoms in total. The van der Waals surface area contributed by atoms with E-state index < -0.39 is 11.6 Å². The van der Waals surface area contributed by atoms with Gasteiger partial charge in [-0.25, -0.2) is 8.78 Å². The van der Waals surface area contributed by atoms with E-state index in [4.69, 9.17) is 9.84 Å². The summed E-state index contributed by atoms with van der Waals surface area (Å²) in [5.74, 6) is -0.783. The summed E-state index contributed by atoms with van der Waals surface area (Å²) in [4.78, 5) is 13.2. The van der Waals surface area contributed by atoms with E-state index in [0.717, 1.165) is 22.9 Å². The van der Waals surface area contributed by atoms with Crippen LogP contribution in [0.3, 0.4) is 0 Å². The summed E-state index contributed by atoms with van der Waals surface area (Å²) in [6, 6.07) is 8.84. The molecule has 0 saturated carbocycles. The fraction of sp³-hybridized carbons (Fsp3) is 0.208. The molecule has 0 fully saturated rings. The molecule has 0 bridgehead atoms. The van der Waals surface area contributed by atoms with Gasteiger partial charge in [-0.05, 0) is 54.0 Å². The van der Waals surface area contributed by atoms with Crippen LogP contribution >= 0.6 is 0 Å². The second-order valence-electron chi connectivity index (χ2n) is 7.21. The lowest BCUT2D eigenvalue weighted by atomic mass is 9.91. The summed E-state index contributed by atoms with van der Waals surface area (Å²) in [5, 5.41) is 11.9. The Bertz CT molecular complexity index is 1090. The summed E-state index contributed by atoms with van der Waals surface area (Å²) in [6.07, 6.45) is 7.07. The van der Waals surface area contributed by atoms with Crippen molar-refractivity contribution in [2.75, 3.05) is 18.5 Å². The van der Waals surface area contributed by atoms with Crippen LogP contribution in [0, 0.1) is 11.6 Å². The summed E-state index contributed by atoms with van der Waals surface area (Å²) in [7, 11) is 0. The molecule has 30 heavy (non-hydrogen) atoms. The number of carbonyl (C=O) groups is 1. The number of allylic oxidation sites excluding steroid dienone is 5. The highest BCUT2D eigenvalue weighted by Crippen LogP contribution is 2.34. The summed E-state index contributed by atoms with van der Waals surface area (Å²) in [6.45, 7) is 0.432. The van der Waals surface area contributed by atoms with Crippen molar-refractivity contribution in [1.82, 2.24) is 0 Å². The Kier molecular flexibility index (Phi) is 5.77. The molecule has 0 atom stereocenters. The Morgan fingerprint density at radius 2 is 1.97 bits per heavy atom. The first kappa shape index (κ1) is 20.0. The molecule has 2 aliphatic rings. The first-order chi connectivity index (χ1) is 14.5. The zero-order chi connectivity index (χ0) is 21.1. The molecule has 0 radical (unpaired) electrons. The lowest BCUT2D eigenvalue weighted by Gasteiger charge is -2.19. The van der Waals surface area contributed by atoms with Gasteiger partial charge in [-0.3, -0.25) is 4.79 Å². The fourth-order valence-electron chi connectivity index (χ4n) is 3.57. The molecule has 0 heterocycles. The number of fused-ring (bicyclic) bond motifs is 2. The van der Waals surface area contributed by atoms with E-state index in [0.29, 0.717) is 42.8 Å². The lowest BCUT2D eigenvalue weighted by molar-refractivity contribution is 0.103. The first-order valence-corrected chi connectivity index (χ1v) is 9.79. The summed E-state index contributed by atoms with van der Waals surface area (Å²) in [5.41, 5.74) is 3.90. The van der Waals surface area contributed by atoms with E-state index >= 15 is 0 Å². The number of benzene rings is 2. The maximum atomic E-state index is 14.0. The predicted octanol–water partition coefficient (Wildman–Crippen LogP) is 4.72. The van der Waals surface area contributed by atoms with Crippen molar-refractivity contribution in [3.8, 4) is 5.75 Å². The van der Waals surface area contributed by atoms with Crippen LogP contribution in [0.5, 0.6) is 5.75 Å². The number of nitrogens with one attached hydrogen (secondary N) is 1. The summed E-state index contributed by atoms with van der Waals surface area (Å²) < 4.78 is 32.7. The number of rotatable bonds is 6. The minimum Gasteiger partial charge on any atom is -0.493 e. The van der Waals surface area contributed by atoms with Crippen LogP contribution < -0.4 is 10.1 Å². The van der Waals surface area contributed by atoms with Gasteiger partial charge in [0, 0.05) is 42.3 Å². The number of anilines is 1. The van der Waals surface area contributed by atoms with Gasteiger partial charge in [0.25, 0.3) is 0 Å². The molecule has 2 aromatic carbocycles. The van der Waals surface area contributed by atoms with Crippen LogP contribution in [0.25, 0.3) is 0 Å². The van der Waals surface area contributed by atoms with Crippen LogP contribution in [0.2, 0.25) is 0 Å². The van der Waals surface area contributed by atoms with Gasteiger partial charge in [0.1, 0.15) is 17.4 Å². The van der Waals surface area contributed by atoms with Crippen molar-refractivity contribution in [2.45, 2.75) is 19.3 Å². The van der Waals surface area contributed by atoms with Crippen molar-refractivity contribution in [3.05, 3.63) is 94.2 Å². The van der Waals surface area contributed by atoms with Crippen LogP contribution in [-0.4, -0.2) is 24.1 Å². The molecule has 0 aromatic heterocycles. The third-order valence-corrected chi connectivity index (χ3v) is 5.11. The van der Waals surface area contributed by atoms with E-state index in [1.165, 1.54) is 12.1 Å². The highest BCUT2D eigenvalue weighted by atomic mass is 19.1. The van der Waals surface area contributed by atoms with Crippen molar-refractivity contribution >= 4 is 11.5 Å². The minimum atomic E-state index is -0.669. The van der Waals surface area contributed by atoms with Gasteiger partial charge in [-0.15, -0.1) is 0 Å². The monoisotopic (exact) mass is 409 g/mol. The molecule has 0 amide bonds. The molecule has 2 aliphatic carbocycles. The smallest absolute Gasteiger partial charge is 0.193 e. The maximum Gasteiger partial charge on any atom is 0.193 e. The van der Waals surface area contributed by atoms with Crippen LogP contribution in [0.1, 0.15) is 28.8 Å². The molecule has 0 saturated heterocycles. The highest BCUT2D eigenvalue weighted by Gasteiger charge is 2.25. The number of hydrogen-bond acceptors (Lipinski definition) is 4. The van der Waals surface area contributed by atoms with Gasteiger partial charge in [-0.1, -0.05) is 12.1 Å². The molecule has 6 heteroatoms. The zero-order valence-corrected chi connectivity index (χ0v) is 16.3. The topological polar surface area (TPSA) is 58.6 Å². The lowest BCUT2D eigenvalue weighted by Crippen LogP contribution is -2.12. The van der Waals surface area contributed by atoms with Gasteiger partial charge in [-0.2, -0.15) is 0 Å². The van der Waals surface area contributed by atoms with E-state index in [1.807, 2.05) is 18.2 Å². The number of carbonyl (C=O) groups excluding carboxylic acids is 1. The number of halogens is 2. The van der Waals surface area contributed by atoms with Crippen molar-refractivity contribution in [2.24, 2.45) is 0 Å². The minimum absolute atomic E-state index is 0.0502. The Labute approximate surface area is 173 Å². The SMILES string of the molecule is O=C1C2=CC=C(Nc3ccc(F)cc3F)CC2=CCc2ccc(OCCCO)cc21. The standard InChI is InChI=1S/C24H21F2NO3/c25-17-5-9-23(22(26)13-17)27-18-6-8-20-16(12-18)3-2-15-4-7-19(30-11-1-10-28)14-21(15)24(20)29/h3-9,13-14,27-28H,1-2,10-12H2. The largest absolute Gasteiger partial charge is 0.493 e. The number of aliphatic hydroxyl groups is 1. The van der Waals surface area contributed by atoms with E-state index in [-0.39, 0.29) is 18.1 Å². The molecule has 0 spiro atoms. The zero-order valence-electron chi connectivity index (χ0n) is 16.3. The maximum absolute atomic E-state index is 14.0. The molecule has 4 rings (SSSR count). The number of aliphatic hydroxyl groups excluding tert-OH is 1. The third-order valence-electron chi connectivity index (χ3n) is 5.11. The molecule has 0 aliphatic heterocycles. The Balaban J connectivity index is 1.57. The van der Waals surface area contributed by atoms with Crippen LogP contribution in [-0.2, 0) is 6.42 Å². The van der Waals surface area contributed by atoms with Gasteiger partial charge >= 0.3 is 0 Å². The number of ether oxygens (including phenoxy) is 1. The summed E-state index contributed by atoms with van der Waals surface area (Å²) >= 11 is 0. The molecule has 2 aromatic rings. The molecular formula is C24H21F2NO3. The quantitative estimate of drug-likeness (QED) is 0.678. The van der Waals surface area contributed by atoms with Crippen molar-refractivity contribution in [1.29, 1.82) is 0 Å². The number of hydrogen-bond donors (Lipinski definition) is 2. The molecule has 0 unspecified atom stereocenters. The first-order valence-electron chi connectivity index (χ1n) is 9.79. The van der Waals surface area contributed by atoms with Gasteiger partial charge in [0.15, 0.2) is 5.78 Å². The Hall–Kier alpha value is -3.25. The van der Waals surface area contributed by atoms with E-state index in [2.05, 4.69) is 5.32 Å². The van der Waals surface area contributed by atoms with Gasteiger partial charge < -0.3 is 15.2 Å². The average Bonchev–Trinajstić information content (AvgIpc) is 2.87. The van der Waals surface area contributed by atoms with Crippen LogP contribution in [0.15, 0.2) is 71.5 Å². The van der Waals surface area contributed by atoms with Crippen LogP contribution in [0.4, 0.5) is 14.5 Å². The highest BCUT2D eigenvalue weighted by molar-refractivity contribution is 6.13. The van der Waals surface area contributed by atoms with Gasteiger partial charge in [0.2, 0.25) is 0 Å². The number of ketones is 1. The second kappa shape index (κ2) is 8.63. The van der Waals surface area contributed by atoms with Crippen molar-refractivity contribution < 1.29 is 23.4 Å². The van der Waals surface area contributed by atoms with E-state index in [1.54, 1.807) is 18.2 Å². The molecular weight excluding hydrogens is 388 g/mol. The fourth-order valence-corrected chi connectivity index (χ4v) is 3.57. The Morgan fingerprint density at radius 3 is 2.77 bits per heavy atom. The predicted molar refractivity (Wildman–Crippen MR) is 111 cm³/mol. The average molecular weight is 409 g/mol. The normalized spacial score (nSPS) is 15.3. The number of Topliss-reactive ketones (excluding diaryl/α,β-unsaturated/α-hetero) is 1. The third kappa shape index (κ3) is 4.19. The Morgan fingerprint density at radius 1 is 1.10 bits per heavy atom. The van der Waals surface area contributed by atoms with E-state index in [9.17, 15) is 13.6 Å². The second-order valence-corrected chi connectivity index (χ2v) is 7.21. The molecule has 154 valence electrons. The molecule has 2 N–H and O–H groups in total.